The molecule has 382 valence electrons. The van der Waals surface area contributed by atoms with Gasteiger partial charge in [-0.1, -0.05) is 119 Å². The smallest absolute Gasteiger partial charge is 0.165 e. The average Bonchev–Trinajstić information content (AvgIpc) is 3.91. The SMILES string of the molecule is Cc1cc(C)c(-c2ccc3c4ccc(-c5c(C)cc(C)cc5C)cc4n(-c4cc(-c5nc(C)nc(C)n5)c(-n5c6cc(-c7c(C)cc(C)cc7C)ccc6c6ccc(-c7c(C)cc(C)cc7C)cc65)cc4C#N)c3c2)c(C)c1. The molecule has 0 unspecified atom stereocenters. The van der Waals surface area contributed by atoms with Crippen LogP contribution in [-0.4, -0.2) is 24.1 Å². The summed E-state index contributed by atoms with van der Waals surface area (Å²) in [5, 5.41) is 16.3. The van der Waals surface area contributed by atoms with Gasteiger partial charge in [0.1, 0.15) is 17.7 Å². The van der Waals surface area contributed by atoms with E-state index >= 15 is 0 Å². The third kappa shape index (κ3) is 8.19. The van der Waals surface area contributed by atoms with Gasteiger partial charge in [-0.15, -0.1) is 0 Å². The van der Waals surface area contributed by atoms with Crippen molar-refractivity contribution in [2.75, 3.05) is 0 Å². The lowest BCUT2D eigenvalue weighted by molar-refractivity contribution is 0.926. The lowest BCUT2D eigenvalue weighted by atomic mass is 9.92. The maximum atomic E-state index is 11.9. The van der Waals surface area contributed by atoms with Crippen LogP contribution in [0.25, 0.3) is 111 Å². The van der Waals surface area contributed by atoms with Crippen molar-refractivity contribution in [3.63, 3.8) is 0 Å². The Balaban J connectivity index is 1.23. The Morgan fingerprint density at radius 3 is 0.885 bits per heavy atom. The first-order valence-corrected chi connectivity index (χ1v) is 27.1. The van der Waals surface area contributed by atoms with Gasteiger partial charge in [-0.3, -0.25) is 0 Å². The molecule has 0 atom stereocenters. The summed E-state index contributed by atoms with van der Waals surface area (Å²) in [6.07, 6.45) is 0. The van der Waals surface area contributed by atoms with E-state index in [1.54, 1.807) is 0 Å². The number of nitrogens with zero attached hydrogens (tertiary/aromatic N) is 6. The van der Waals surface area contributed by atoms with Crippen molar-refractivity contribution in [1.82, 2.24) is 24.1 Å². The molecular formula is C72H64N6. The van der Waals surface area contributed by atoms with Gasteiger partial charge in [0.25, 0.3) is 0 Å². The fourth-order valence-corrected chi connectivity index (χ4v) is 13.7. The first-order chi connectivity index (χ1) is 37.3. The van der Waals surface area contributed by atoms with Crippen LogP contribution in [0.5, 0.6) is 0 Å². The van der Waals surface area contributed by atoms with Crippen molar-refractivity contribution in [3.05, 3.63) is 217 Å². The van der Waals surface area contributed by atoms with Gasteiger partial charge >= 0.3 is 0 Å². The molecule has 6 heteroatoms. The molecule has 0 amide bonds. The maximum Gasteiger partial charge on any atom is 0.165 e. The van der Waals surface area contributed by atoms with Gasteiger partial charge in [-0.2, -0.15) is 5.26 Å². The van der Waals surface area contributed by atoms with Gasteiger partial charge in [0.2, 0.25) is 0 Å². The van der Waals surface area contributed by atoms with Crippen LogP contribution < -0.4 is 0 Å². The number of hydrogen-bond donors (Lipinski definition) is 0. The van der Waals surface area contributed by atoms with Crippen LogP contribution in [0.15, 0.2) is 133 Å². The topological polar surface area (TPSA) is 72.3 Å². The molecule has 0 aliphatic carbocycles. The summed E-state index contributed by atoms with van der Waals surface area (Å²) in [5.74, 6) is 1.78. The minimum atomic E-state index is 0.522. The quantitative estimate of drug-likeness (QED) is 0.159. The van der Waals surface area contributed by atoms with E-state index in [1.807, 2.05) is 13.8 Å². The van der Waals surface area contributed by atoms with E-state index in [1.165, 1.54) is 89.0 Å². The fourth-order valence-electron chi connectivity index (χ4n) is 13.7. The molecule has 0 saturated carbocycles. The predicted octanol–water partition coefficient (Wildman–Crippen LogP) is 18.6. The number of nitriles is 1. The molecule has 3 aromatic heterocycles. The van der Waals surface area contributed by atoms with Gasteiger partial charge in [-0.05, 0) is 222 Å². The Kier molecular flexibility index (Phi) is 12.0. The Morgan fingerprint density at radius 1 is 0.321 bits per heavy atom. The Hall–Kier alpha value is -8.92. The van der Waals surface area contributed by atoms with Gasteiger partial charge < -0.3 is 9.13 Å². The second-order valence-corrected chi connectivity index (χ2v) is 22.4. The van der Waals surface area contributed by atoms with Gasteiger partial charge in [0.15, 0.2) is 5.82 Å². The zero-order valence-corrected chi connectivity index (χ0v) is 47.4. The molecule has 6 nitrogen and oxygen atoms in total. The summed E-state index contributed by atoms with van der Waals surface area (Å²) in [4.78, 5) is 15.0. The summed E-state index contributed by atoms with van der Waals surface area (Å²) in [6, 6.07) is 52.7. The van der Waals surface area contributed by atoms with Crippen molar-refractivity contribution in [2.45, 2.75) is 96.9 Å². The molecular weight excluding hydrogens is 949 g/mol. The van der Waals surface area contributed by atoms with Crippen molar-refractivity contribution in [1.29, 1.82) is 5.26 Å². The number of fused-ring (bicyclic) bond motifs is 6. The number of hydrogen-bond acceptors (Lipinski definition) is 4. The maximum absolute atomic E-state index is 11.9. The van der Waals surface area contributed by atoms with E-state index in [9.17, 15) is 5.26 Å². The van der Waals surface area contributed by atoms with E-state index < -0.39 is 0 Å². The summed E-state index contributed by atoms with van der Waals surface area (Å²) in [5.41, 5.74) is 31.1. The molecule has 0 fully saturated rings. The van der Waals surface area contributed by atoms with Crippen LogP contribution in [0.2, 0.25) is 0 Å². The van der Waals surface area contributed by atoms with E-state index in [-0.39, 0.29) is 0 Å². The van der Waals surface area contributed by atoms with Crippen molar-refractivity contribution < 1.29 is 0 Å². The van der Waals surface area contributed by atoms with Crippen LogP contribution in [-0.2, 0) is 0 Å². The highest BCUT2D eigenvalue weighted by Crippen LogP contribution is 2.45. The Morgan fingerprint density at radius 2 is 0.603 bits per heavy atom. The third-order valence-electron chi connectivity index (χ3n) is 16.2. The Bertz CT molecular complexity index is 4260. The summed E-state index contributed by atoms with van der Waals surface area (Å²) in [7, 11) is 0. The zero-order valence-electron chi connectivity index (χ0n) is 47.4. The second kappa shape index (κ2) is 18.7. The molecule has 78 heavy (non-hydrogen) atoms. The number of aromatic nitrogens is 5. The predicted molar refractivity (Wildman–Crippen MR) is 327 cm³/mol. The normalized spacial score (nSPS) is 11.7. The van der Waals surface area contributed by atoms with E-state index in [4.69, 9.17) is 15.0 Å². The van der Waals surface area contributed by atoms with Gasteiger partial charge in [-0.25, -0.2) is 15.0 Å². The minimum absolute atomic E-state index is 0.522. The van der Waals surface area contributed by atoms with Crippen LogP contribution in [0.1, 0.15) is 84.0 Å². The van der Waals surface area contributed by atoms with E-state index in [0.29, 0.717) is 23.0 Å². The summed E-state index contributed by atoms with van der Waals surface area (Å²) in [6.45, 7) is 30.2. The highest BCUT2D eigenvalue weighted by molar-refractivity contribution is 6.13. The van der Waals surface area contributed by atoms with E-state index in [2.05, 4.69) is 232 Å². The summed E-state index contributed by atoms with van der Waals surface area (Å²) >= 11 is 0. The first-order valence-electron chi connectivity index (χ1n) is 27.1. The highest BCUT2D eigenvalue weighted by atomic mass is 15.1. The van der Waals surface area contributed by atoms with Crippen LogP contribution >= 0.6 is 0 Å². The molecule has 0 aliphatic rings. The van der Waals surface area contributed by atoms with Crippen LogP contribution in [0.4, 0.5) is 0 Å². The average molecular weight is 1010 g/mol. The number of aryl methyl sites for hydroxylation is 14. The lowest BCUT2D eigenvalue weighted by Gasteiger charge is -2.19. The molecule has 12 aromatic rings. The molecule has 12 rings (SSSR count). The fraction of sp³-hybridized carbons (Fsp3) is 0.194. The summed E-state index contributed by atoms with van der Waals surface area (Å²) < 4.78 is 4.70. The van der Waals surface area contributed by atoms with Crippen molar-refractivity contribution >= 4 is 43.6 Å². The largest absolute Gasteiger partial charge is 0.308 e. The number of benzene rings is 9. The van der Waals surface area contributed by atoms with Crippen molar-refractivity contribution in [2.24, 2.45) is 0 Å². The molecule has 0 N–H and O–H groups in total. The minimum Gasteiger partial charge on any atom is -0.308 e. The molecule has 0 saturated heterocycles. The molecule has 0 aliphatic heterocycles. The van der Waals surface area contributed by atoms with Gasteiger partial charge in [0.05, 0.1) is 39.0 Å². The van der Waals surface area contributed by atoms with Crippen LogP contribution in [0, 0.1) is 108 Å². The second-order valence-electron chi connectivity index (χ2n) is 22.4. The first kappa shape index (κ1) is 49.9. The van der Waals surface area contributed by atoms with Crippen molar-refractivity contribution in [3.8, 4) is 73.3 Å². The third-order valence-corrected chi connectivity index (χ3v) is 16.2. The molecule has 0 radical (unpaired) electrons. The van der Waals surface area contributed by atoms with Crippen LogP contribution in [0.3, 0.4) is 0 Å². The molecule has 3 heterocycles. The standard InChI is InChI=1S/C72H64N6/c1-38-23-42(5)68(43(6)24-38)52-15-19-57-58-20-16-53(69-44(7)25-39(2)26-45(69)8)32-64(58)77(63(57)31-52)62-36-61(72-75-50(13)74-51(14)76-72)67(35-56(62)37-73)78-65-33-54(70-46(9)27-40(3)28-47(70)10)17-21-59(65)60-22-18-55(34-66(60)78)71-48(11)29-41(4)30-49(71)12/h15-36H,1-14H3. The molecule has 9 aromatic carbocycles. The molecule has 0 spiro atoms. The Labute approximate surface area is 458 Å². The lowest BCUT2D eigenvalue weighted by Crippen LogP contribution is -2.07. The monoisotopic (exact) mass is 1010 g/mol. The van der Waals surface area contributed by atoms with E-state index in [0.717, 1.165) is 82.8 Å². The zero-order chi connectivity index (χ0) is 54.7. The highest BCUT2D eigenvalue weighted by Gasteiger charge is 2.26. The van der Waals surface area contributed by atoms with Gasteiger partial charge in [0, 0.05) is 27.1 Å². The molecule has 0 bridgehead atoms. The number of rotatable bonds is 7.